The molecule has 114 valence electrons. The van der Waals surface area contributed by atoms with Crippen LogP contribution in [0.4, 0.5) is 5.69 Å². The summed E-state index contributed by atoms with van der Waals surface area (Å²) in [5.74, 6) is 0. The Bertz CT molecular complexity index is 707. The first kappa shape index (κ1) is 15.7. The molecule has 0 bridgehead atoms. The molecule has 0 saturated heterocycles. The molecule has 2 aromatic rings. The minimum absolute atomic E-state index is 0.137. The first-order valence-corrected chi connectivity index (χ1v) is 7.47. The van der Waals surface area contributed by atoms with Crippen LogP contribution in [0.2, 0.25) is 5.02 Å². The zero-order valence-electron chi connectivity index (χ0n) is 13.0. The lowest BCUT2D eigenvalue weighted by Crippen LogP contribution is -2.26. The molecule has 0 aliphatic rings. The van der Waals surface area contributed by atoms with E-state index in [4.69, 9.17) is 17.3 Å². The first-order valence-electron chi connectivity index (χ1n) is 7.09. The third-order valence-electron chi connectivity index (χ3n) is 3.50. The van der Waals surface area contributed by atoms with Gasteiger partial charge in [0.15, 0.2) is 0 Å². The molecule has 0 spiro atoms. The lowest BCUT2D eigenvalue weighted by molar-refractivity contribution is 0.428. The van der Waals surface area contributed by atoms with Crippen molar-refractivity contribution >= 4 is 17.3 Å². The van der Waals surface area contributed by atoms with Crippen molar-refractivity contribution in [2.75, 3.05) is 5.73 Å². The number of hydrogen-bond donors (Lipinski definition) is 1. The van der Waals surface area contributed by atoms with Crippen molar-refractivity contribution < 1.29 is 0 Å². The Morgan fingerprint density at radius 1 is 1.24 bits per heavy atom. The van der Waals surface area contributed by atoms with Crippen molar-refractivity contribution in [1.29, 1.82) is 0 Å². The molecule has 21 heavy (non-hydrogen) atoms. The molecule has 2 N–H and O–H groups in total. The second-order valence-electron chi connectivity index (χ2n) is 6.22. The molecule has 2 rings (SSSR count). The van der Waals surface area contributed by atoms with E-state index < -0.39 is 0 Å². The third-order valence-corrected chi connectivity index (χ3v) is 3.74. The molecule has 1 aromatic carbocycles. The first-order chi connectivity index (χ1) is 9.75. The van der Waals surface area contributed by atoms with Crippen LogP contribution in [0.3, 0.4) is 0 Å². The minimum atomic E-state index is -0.182. The highest BCUT2D eigenvalue weighted by Gasteiger charge is 2.26. The quantitative estimate of drug-likeness (QED) is 0.946. The van der Waals surface area contributed by atoms with E-state index in [1.54, 1.807) is 4.68 Å². The molecule has 0 atom stereocenters. The fraction of sp³-hybridized carbons (Fsp3) is 0.438. The van der Waals surface area contributed by atoms with Gasteiger partial charge in [0.2, 0.25) is 0 Å². The third kappa shape index (κ3) is 3.00. The van der Waals surface area contributed by atoms with E-state index in [9.17, 15) is 4.79 Å². The summed E-state index contributed by atoms with van der Waals surface area (Å²) in [6.07, 6.45) is 0. The Hall–Kier alpha value is -1.68. The molecule has 0 unspecified atom stereocenters. The van der Waals surface area contributed by atoms with Gasteiger partial charge >= 0.3 is 0 Å². The van der Waals surface area contributed by atoms with Gasteiger partial charge < -0.3 is 5.73 Å². The second kappa shape index (κ2) is 5.60. The number of nitrogens with two attached hydrogens (primary N) is 1. The SMILES string of the molecule is CCn1c(C(C)(C)C)c(N)c(=O)n1Cc1cccc(Cl)c1. The molecule has 0 saturated carbocycles. The van der Waals surface area contributed by atoms with Crippen LogP contribution in [-0.4, -0.2) is 9.36 Å². The van der Waals surface area contributed by atoms with Crippen molar-refractivity contribution in [1.82, 2.24) is 9.36 Å². The number of benzene rings is 1. The van der Waals surface area contributed by atoms with E-state index in [0.29, 0.717) is 23.8 Å². The summed E-state index contributed by atoms with van der Waals surface area (Å²) >= 11 is 6.01. The fourth-order valence-corrected chi connectivity index (χ4v) is 2.91. The Morgan fingerprint density at radius 3 is 2.43 bits per heavy atom. The molecular formula is C16H22ClN3O. The van der Waals surface area contributed by atoms with E-state index in [2.05, 4.69) is 20.8 Å². The highest BCUT2D eigenvalue weighted by atomic mass is 35.5. The lowest BCUT2D eigenvalue weighted by atomic mass is 9.91. The molecule has 0 aliphatic heterocycles. The molecule has 5 heteroatoms. The number of anilines is 1. The maximum absolute atomic E-state index is 12.5. The molecule has 1 heterocycles. The number of nitrogen functional groups attached to an aromatic ring is 1. The largest absolute Gasteiger partial charge is 0.393 e. The Balaban J connectivity index is 2.57. The van der Waals surface area contributed by atoms with Gasteiger partial charge in [-0.05, 0) is 24.6 Å². The summed E-state index contributed by atoms with van der Waals surface area (Å²) < 4.78 is 3.67. The van der Waals surface area contributed by atoms with Crippen LogP contribution < -0.4 is 11.3 Å². The van der Waals surface area contributed by atoms with Crippen LogP contribution in [0.1, 0.15) is 39.0 Å². The standard InChI is InChI=1S/C16H22ClN3O/c1-5-19-14(16(2,3)4)13(18)15(21)20(19)10-11-7-6-8-12(17)9-11/h6-9H,5,10,18H2,1-4H3. The van der Waals surface area contributed by atoms with Crippen LogP contribution in [-0.2, 0) is 18.5 Å². The summed E-state index contributed by atoms with van der Waals surface area (Å²) in [6, 6.07) is 7.53. The van der Waals surface area contributed by atoms with Crippen LogP contribution >= 0.6 is 11.6 Å². The van der Waals surface area contributed by atoms with Crippen LogP contribution in [0.25, 0.3) is 0 Å². The van der Waals surface area contributed by atoms with E-state index in [1.807, 2.05) is 35.9 Å². The number of hydrogen-bond acceptors (Lipinski definition) is 2. The highest BCUT2D eigenvalue weighted by molar-refractivity contribution is 6.30. The maximum Gasteiger partial charge on any atom is 0.290 e. The fourth-order valence-electron chi connectivity index (χ4n) is 2.70. The summed E-state index contributed by atoms with van der Waals surface area (Å²) in [5, 5.41) is 0.666. The van der Waals surface area contributed by atoms with Crippen LogP contribution in [0.15, 0.2) is 29.1 Å². The number of aromatic nitrogens is 2. The van der Waals surface area contributed by atoms with E-state index >= 15 is 0 Å². The van der Waals surface area contributed by atoms with Gasteiger partial charge in [0, 0.05) is 17.0 Å². The summed E-state index contributed by atoms with van der Waals surface area (Å²) in [4.78, 5) is 12.5. The molecule has 0 aliphatic carbocycles. The van der Waals surface area contributed by atoms with Crippen molar-refractivity contribution in [3.05, 3.63) is 50.9 Å². The van der Waals surface area contributed by atoms with E-state index in [0.717, 1.165) is 11.3 Å². The highest BCUT2D eigenvalue weighted by Crippen LogP contribution is 2.26. The maximum atomic E-state index is 12.5. The lowest BCUT2D eigenvalue weighted by Gasteiger charge is -2.22. The predicted octanol–water partition coefficient (Wildman–Crippen LogP) is 3.25. The van der Waals surface area contributed by atoms with E-state index in [1.165, 1.54) is 0 Å². The van der Waals surface area contributed by atoms with Crippen molar-refractivity contribution in [2.24, 2.45) is 0 Å². The summed E-state index contributed by atoms with van der Waals surface area (Å²) in [6.45, 7) is 9.37. The van der Waals surface area contributed by atoms with Crippen LogP contribution in [0, 0.1) is 0 Å². The van der Waals surface area contributed by atoms with Crippen molar-refractivity contribution in [3.8, 4) is 0 Å². The van der Waals surface area contributed by atoms with Gasteiger partial charge in [-0.1, -0.05) is 44.5 Å². The Labute approximate surface area is 130 Å². The van der Waals surface area contributed by atoms with Crippen molar-refractivity contribution in [2.45, 2.75) is 46.2 Å². The van der Waals surface area contributed by atoms with Gasteiger partial charge in [-0.3, -0.25) is 9.48 Å². The second-order valence-corrected chi connectivity index (χ2v) is 6.66. The number of halogens is 1. The van der Waals surface area contributed by atoms with Gasteiger partial charge in [-0.2, -0.15) is 0 Å². The zero-order chi connectivity index (χ0) is 15.8. The zero-order valence-corrected chi connectivity index (χ0v) is 13.7. The molecule has 1 aromatic heterocycles. The molecule has 0 amide bonds. The van der Waals surface area contributed by atoms with Gasteiger partial charge in [0.25, 0.3) is 5.56 Å². The van der Waals surface area contributed by atoms with Gasteiger partial charge in [-0.25, -0.2) is 4.68 Å². The molecular weight excluding hydrogens is 286 g/mol. The molecule has 4 nitrogen and oxygen atoms in total. The average molecular weight is 308 g/mol. The monoisotopic (exact) mass is 307 g/mol. The number of rotatable bonds is 3. The smallest absolute Gasteiger partial charge is 0.290 e. The summed E-state index contributed by atoms with van der Waals surface area (Å²) in [5.41, 5.74) is 7.96. The van der Waals surface area contributed by atoms with E-state index in [-0.39, 0.29) is 11.0 Å². The topological polar surface area (TPSA) is 52.9 Å². The summed E-state index contributed by atoms with van der Waals surface area (Å²) in [7, 11) is 0. The number of nitrogens with zero attached hydrogens (tertiary/aromatic N) is 2. The molecule has 0 fully saturated rings. The predicted molar refractivity (Wildman–Crippen MR) is 88.0 cm³/mol. The average Bonchev–Trinajstić information content (AvgIpc) is 2.62. The van der Waals surface area contributed by atoms with Crippen molar-refractivity contribution in [3.63, 3.8) is 0 Å². The van der Waals surface area contributed by atoms with Gasteiger partial charge in [-0.15, -0.1) is 0 Å². The normalized spacial score (nSPS) is 11.9. The minimum Gasteiger partial charge on any atom is -0.393 e. The van der Waals surface area contributed by atoms with Gasteiger partial charge in [0.1, 0.15) is 5.69 Å². The Kier molecular flexibility index (Phi) is 4.19. The molecule has 0 radical (unpaired) electrons. The van der Waals surface area contributed by atoms with Crippen LogP contribution in [0.5, 0.6) is 0 Å². The Morgan fingerprint density at radius 2 is 1.90 bits per heavy atom. The van der Waals surface area contributed by atoms with Gasteiger partial charge in [0.05, 0.1) is 12.2 Å².